The summed E-state index contributed by atoms with van der Waals surface area (Å²) in [5.74, 6) is 1.47. The molecule has 0 radical (unpaired) electrons. The minimum Gasteiger partial charge on any atom is -0.465 e. The minimum absolute atomic E-state index is 0.179. The van der Waals surface area contributed by atoms with Crippen LogP contribution < -0.4 is 4.74 Å². The Morgan fingerprint density at radius 2 is 1.94 bits per heavy atom. The van der Waals surface area contributed by atoms with E-state index in [2.05, 4.69) is 32.9 Å². The van der Waals surface area contributed by atoms with Crippen molar-refractivity contribution in [3.8, 4) is 5.75 Å². The van der Waals surface area contributed by atoms with Crippen molar-refractivity contribution in [2.75, 3.05) is 6.61 Å². The third kappa shape index (κ3) is 4.78. The lowest BCUT2D eigenvalue weighted by Crippen LogP contribution is -2.16. The van der Waals surface area contributed by atoms with Crippen molar-refractivity contribution in [2.45, 2.75) is 52.7 Å². The largest absolute Gasteiger partial charge is 0.465 e. The monoisotopic (exact) mass is 236 g/mol. The molecule has 0 aromatic heterocycles. The molecule has 1 rings (SSSR count). The second-order valence-electron chi connectivity index (χ2n) is 4.44. The van der Waals surface area contributed by atoms with Gasteiger partial charge in [-0.3, -0.25) is 0 Å². The Balaban J connectivity index is 2.59. The minimum atomic E-state index is -0.179. The van der Waals surface area contributed by atoms with Crippen molar-refractivity contribution in [1.29, 1.82) is 0 Å². The fourth-order valence-corrected chi connectivity index (χ4v) is 1.64. The van der Waals surface area contributed by atoms with Crippen molar-refractivity contribution in [2.24, 2.45) is 0 Å². The Labute approximate surface area is 105 Å². The van der Waals surface area contributed by atoms with Gasteiger partial charge in [-0.1, -0.05) is 32.9 Å². The van der Waals surface area contributed by atoms with Gasteiger partial charge in [0.1, 0.15) is 5.75 Å². The Kier molecular flexibility index (Phi) is 6.06. The van der Waals surface area contributed by atoms with E-state index >= 15 is 0 Å². The number of ether oxygens (including phenoxy) is 2. The molecule has 2 atom stereocenters. The van der Waals surface area contributed by atoms with Crippen LogP contribution in [0.5, 0.6) is 5.75 Å². The highest BCUT2D eigenvalue weighted by Crippen LogP contribution is 2.23. The maximum absolute atomic E-state index is 5.73. The molecule has 0 saturated carbocycles. The average molecular weight is 236 g/mol. The van der Waals surface area contributed by atoms with Crippen LogP contribution in [-0.4, -0.2) is 12.9 Å². The van der Waals surface area contributed by atoms with Crippen LogP contribution in [0, 0.1) is 0 Å². The molecule has 0 aliphatic rings. The van der Waals surface area contributed by atoms with E-state index in [1.807, 2.05) is 19.1 Å². The van der Waals surface area contributed by atoms with Gasteiger partial charge in [-0.2, -0.15) is 0 Å². The summed E-state index contributed by atoms with van der Waals surface area (Å²) < 4.78 is 11.2. The zero-order chi connectivity index (χ0) is 12.7. The van der Waals surface area contributed by atoms with E-state index in [9.17, 15) is 0 Å². The van der Waals surface area contributed by atoms with Crippen molar-refractivity contribution < 1.29 is 9.47 Å². The molecule has 0 aliphatic heterocycles. The van der Waals surface area contributed by atoms with Gasteiger partial charge in [-0.15, -0.1) is 0 Å². The van der Waals surface area contributed by atoms with Crippen molar-refractivity contribution >= 4 is 0 Å². The lowest BCUT2D eigenvalue weighted by Gasteiger charge is -2.16. The van der Waals surface area contributed by atoms with Gasteiger partial charge in [0, 0.05) is 0 Å². The first-order chi connectivity index (χ1) is 8.17. The third-order valence-corrected chi connectivity index (χ3v) is 2.90. The Bertz CT molecular complexity index is 322. The molecule has 0 heterocycles. The van der Waals surface area contributed by atoms with E-state index in [0.717, 1.165) is 25.2 Å². The molecule has 0 fully saturated rings. The molecule has 17 heavy (non-hydrogen) atoms. The predicted octanol–water partition coefficient (Wildman–Crippen LogP) is 4.35. The highest BCUT2D eigenvalue weighted by Gasteiger charge is 2.07. The highest BCUT2D eigenvalue weighted by molar-refractivity contribution is 5.30. The summed E-state index contributed by atoms with van der Waals surface area (Å²) in [5, 5.41) is 0. The molecule has 0 N–H and O–H groups in total. The number of hydrogen-bond acceptors (Lipinski definition) is 2. The quantitative estimate of drug-likeness (QED) is 0.655. The summed E-state index contributed by atoms with van der Waals surface area (Å²) in [5.41, 5.74) is 1.33. The van der Waals surface area contributed by atoms with Crippen LogP contribution in [0.15, 0.2) is 24.3 Å². The van der Waals surface area contributed by atoms with Crippen LogP contribution in [0.1, 0.15) is 52.0 Å². The van der Waals surface area contributed by atoms with Crippen molar-refractivity contribution in [1.82, 2.24) is 0 Å². The number of hydrogen-bond donors (Lipinski definition) is 0. The molecule has 1 aromatic carbocycles. The van der Waals surface area contributed by atoms with E-state index in [1.165, 1.54) is 5.56 Å². The Morgan fingerprint density at radius 3 is 2.59 bits per heavy atom. The van der Waals surface area contributed by atoms with Crippen LogP contribution in [-0.2, 0) is 4.74 Å². The average Bonchev–Trinajstić information content (AvgIpc) is 2.35. The highest BCUT2D eigenvalue weighted by atomic mass is 16.7. The van der Waals surface area contributed by atoms with Gasteiger partial charge in [0.15, 0.2) is 6.29 Å². The number of benzene rings is 1. The first kappa shape index (κ1) is 14.0. The van der Waals surface area contributed by atoms with E-state index in [0.29, 0.717) is 5.92 Å². The van der Waals surface area contributed by atoms with Gasteiger partial charge in [0.25, 0.3) is 0 Å². The van der Waals surface area contributed by atoms with E-state index in [1.54, 1.807) is 0 Å². The Hall–Kier alpha value is -1.02. The first-order valence-electron chi connectivity index (χ1n) is 6.55. The molecular weight excluding hydrogens is 212 g/mol. The lowest BCUT2D eigenvalue weighted by atomic mass is 9.99. The van der Waals surface area contributed by atoms with Crippen LogP contribution >= 0.6 is 0 Å². The summed E-state index contributed by atoms with van der Waals surface area (Å²) in [6.07, 6.45) is 1.98. The molecule has 0 spiro atoms. The topological polar surface area (TPSA) is 18.5 Å². The summed E-state index contributed by atoms with van der Waals surface area (Å²) in [7, 11) is 0. The molecule has 2 unspecified atom stereocenters. The SMILES string of the molecule is CCCOC(C)Oc1cccc(C(C)CC)c1. The van der Waals surface area contributed by atoms with Crippen LogP contribution in [0.3, 0.4) is 0 Å². The third-order valence-electron chi connectivity index (χ3n) is 2.90. The van der Waals surface area contributed by atoms with E-state index in [4.69, 9.17) is 9.47 Å². The van der Waals surface area contributed by atoms with E-state index in [-0.39, 0.29) is 6.29 Å². The van der Waals surface area contributed by atoms with Crippen LogP contribution in [0.25, 0.3) is 0 Å². The zero-order valence-corrected chi connectivity index (χ0v) is 11.4. The fraction of sp³-hybridized carbons (Fsp3) is 0.600. The standard InChI is InChI=1S/C15H24O2/c1-5-10-16-13(4)17-15-9-7-8-14(11-15)12(3)6-2/h7-9,11-13H,5-6,10H2,1-4H3. The molecule has 0 amide bonds. The Morgan fingerprint density at radius 1 is 1.18 bits per heavy atom. The van der Waals surface area contributed by atoms with Gasteiger partial charge in [-0.25, -0.2) is 0 Å². The van der Waals surface area contributed by atoms with Crippen LogP contribution in [0.2, 0.25) is 0 Å². The van der Waals surface area contributed by atoms with Gasteiger partial charge in [0.2, 0.25) is 0 Å². The molecule has 0 saturated heterocycles. The second kappa shape index (κ2) is 7.33. The zero-order valence-electron chi connectivity index (χ0n) is 11.4. The summed E-state index contributed by atoms with van der Waals surface area (Å²) in [4.78, 5) is 0. The van der Waals surface area contributed by atoms with Crippen molar-refractivity contribution in [3.63, 3.8) is 0 Å². The summed E-state index contributed by atoms with van der Waals surface area (Å²) in [6.45, 7) is 9.20. The van der Waals surface area contributed by atoms with Gasteiger partial charge in [0.05, 0.1) is 6.61 Å². The first-order valence-corrected chi connectivity index (χ1v) is 6.55. The lowest BCUT2D eigenvalue weighted by molar-refractivity contribution is -0.0663. The molecule has 96 valence electrons. The van der Waals surface area contributed by atoms with E-state index < -0.39 is 0 Å². The van der Waals surface area contributed by atoms with Gasteiger partial charge >= 0.3 is 0 Å². The molecule has 2 heteroatoms. The number of rotatable bonds is 7. The normalized spacial score (nSPS) is 14.4. The summed E-state index contributed by atoms with van der Waals surface area (Å²) in [6, 6.07) is 8.29. The van der Waals surface area contributed by atoms with Crippen molar-refractivity contribution in [3.05, 3.63) is 29.8 Å². The molecule has 0 bridgehead atoms. The molecule has 2 nitrogen and oxygen atoms in total. The maximum atomic E-state index is 5.73. The van der Waals surface area contributed by atoms with Crippen LogP contribution in [0.4, 0.5) is 0 Å². The maximum Gasteiger partial charge on any atom is 0.196 e. The smallest absolute Gasteiger partial charge is 0.196 e. The molecule has 0 aliphatic carbocycles. The van der Waals surface area contributed by atoms with Gasteiger partial charge < -0.3 is 9.47 Å². The predicted molar refractivity (Wildman–Crippen MR) is 71.5 cm³/mol. The van der Waals surface area contributed by atoms with Gasteiger partial charge in [-0.05, 0) is 43.4 Å². The fourth-order valence-electron chi connectivity index (χ4n) is 1.64. The summed E-state index contributed by atoms with van der Waals surface area (Å²) >= 11 is 0. The molecule has 1 aromatic rings. The molecular formula is C15H24O2. The second-order valence-corrected chi connectivity index (χ2v) is 4.44.